The summed E-state index contributed by atoms with van der Waals surface area (Å²) < 4.78 is 12.9. The fourth-order valence-electron chi connectivity index (χ4n) is 1.34. The molecule has 0 saturated heterocycles. The maximum atomic E-state index is 12.9. The molecule has 1 unspecified atom stereocenters. The molecule has 0 bridgehead atoms. The Morgan fingerprint density at radius 2 is 2.21 bits per heavy atom. The Hall–Kier alpha value is -1.73. The highest BCUT2D eigenvalue weighted by atomic mass is 35.5. The van der Waals surface area contributed by atoms with E-state index in [-0.39, 0.29) is 17.3 Å². The molecular weight excluding hydrogens is 279 g/mol. The first-order valence-corrected chi connectivity index (χ1v) is 5.62. The van der Waals surface area contributed by atoms with Gasteiger partial charge in [0.1, 0.15) is 11.0 Å². The Bertz CT molecular complexity index is 507. The van der Waals surface area contributed by atoms with E-state index in [0.29, 0.717) is 0 Å². The minimum absolute atomic E-state index is 0.184. The van der Waals surface area contributed by atoms with E-state index in [1.54, 1.807) is 0 Å². The fourth-order valence-corrected chi connectivity index (χ4v) is 1.53. The molecule has 0 aromatic carbocycles. The van der Waals surface area contributed by atoms with E-state index in [2.05, 4.69) is 10.3 Å². The van der Waals surface area contributed by atoms with E-state index in [0.717, 1.165) is 12.3 Å². The van der Waals surface area contributed by atoms with Crippen molar-refractivity contribution in [2.45, 2.75) is 18.9 Å². The van der Waals surface area contributed by atoms with E-state index >= 15 is 0 Å². The molecule has 8 heteroatoms. The third kappa shape index (κ3) is 4.80. The quantitative estimate of drug-likeness (QED) is 0.698. The number of hydrogen-bond acceptors (Lipinski definition) is 4. The van der Waals surface area contributed by atoms with Crippen molar-refractivity contribution >= 4 is 23.5 Å². The van der Waals surface area contributed by atoms with Gasteiger partial charge in [-0.25, -0.2) is 9.37 Å². The highest BCUT2D eigenvalue weighted by Crippen LogP contribution is 2.14. The number of halogens is 2. The molecule has 0 aliphatic heterocycles. The first-order chi connectivity index (χ1) is 8.71. The summed E-state index contributed by atoms with van der Waals surface area (Å²) in [7, 11) is 0. The second-order valence-electron chi connectivity index (χ2n) is 4.24. The molecule has 1 amide bonds. The number of carbonyl (C=O) groups excluding carboxylic acids is 1. The van der Waals surface area contributed by atoms with Crippen LogP contribution in [-0.4, -0.2) is 39.2 Å². The monoisotopic (exact) mass is 290 g/mol. The number of carbonyl (C=O) groups is 2. The minimum Gasteiger partial charge on any atom is -0.481 e. The Morgan fingerprint density at radius 3 is 2.79 bits per heavy atom. The van der Waals surface area contributed by atoms with Crippen molar-refractivity contribution in [2.75, 3.05) is 6.54 Å². The number of carboxylic acid groups (broad SMARTS) is 1. The normalized spacial score (nSPS) is 13.7. The van der Waals surface area contributed by atoms with Crippen molar-refractivity contribution in [1.29, 1.82) is 0 Å². The van der Waals surface area contributed by atoms with Crippen molar-refractivity contribution in [1.82, 2.24) is 10.3 Å². The van der Waals surface area contributed by atoms with Gasteiger partial charge in [0, 0.05) is 6.54 Å². The van der Waals surface area contributed by atoms with Crippen LogP contribution >= 0.6 is 11.6 Å². The molecule has 0 spiro atoms. The van der Waals surface area contributed by atoms with Crippen LogP contribution in [0.2, 0.25) is 5.15 Å². The third-order valence-corrected chi connectivity index (χ3v) is 2.51. The standard InChI is InChI=1S/C11H12ClFN2O4/c1-11(19,3-8(16)17)5-15-10(18)7-2-6(13)4-14-9(7)12/h2,4,19H,3,5H2,1H3,(H,15,18)(H,16,17). The molecule has 3 N–H and O–H groups in total. The summed E-state index contributed by atoms with van der Waals surface area (Å²) in [5.74, 6) is -2.68. The molecule has 1 atom stereocenters. The maximum Gasteiger partial charge on any atom is 0.306 e. The summed E-state index contributed by atoms with van der Waals surface area (Å²) in [6.07, 6.45) is 0.322. The van der Waals surface area contributed by atoms with Gasteiger partial charge in [0.15, 0.2) is 0 Å². The van der Waals surface area contributed by atoms with Crippen LogP contribution in [0.25, 0.3) is 0 Å². The van der Waals surface area contributed by atoms with E-state index in [9.17, 15) is 19.1 Å². The van der Waals surface area contributed by atoms with Gasteiger partial charge >= 0.3 is 5.97 Å². The maximum absolute atomic E-state index is 12.9. The first-order valence-electron chi connectivity index (χ1n) is 5.25. The van der Waals surface area contributed by atoms with Crippen molar-refractivity contribution in [2.24, 2.45) is 0 Å². The zero-order chi connectivity index (χ0) is 14.6. The van der Waals surface area contributed by atoms with E-state index < -0.39 is 29.7 Å². The number of pyridine rings is 1. The van der Waals surface area contributed by atoms with Gasteiger partial charge in [-0.1, -0.05) is 11.6 Å². The number of nitrogens with one attached hydrogen (secondary N) is 1. The molecule has 0 aliphatic carbocycles. The Balaban J connectivity index is 2.70. The number of aliphatic hydroxyl groups is 1. The summed E-state index contributed by atoms with van der Waals surface area (Å²) in [5, 5.41) is 20.3. The van der Waals surface area contributed by atoms with Crippen LogP contribution in [-0.2, 0) is 4.79 Å². The third-order valence-electron chi connectivity index (χ3n) is 2.21. The van der Waals surface area contributed by atoms with Crippen molar-refractivity contribution in [3.63, 3.8) is 0 Å². The predicted octanol–water partition coefficient (Wildman–Crippen LogP) is 0.830. The van der Waals surface area contributed by atoms with E-state index in [4.69, 9.17) is 16.7 Å². The molecule has 104 valence electrons. The predicted molar refractivity (Wildman–Crippen MR) is 64.4 cm³/mol. The molecule has 0 fully saturated rings. The van der Waals surface area contributed by atoms with Gasteiger partial charge < -0.3 is 15.5 Å². The van der Waals surface area contributed by atoms with Gasteiger partial charge in [0.2, 0.25) is 0 Å². The molecule has 0 saturated carbocycles. The first kappa shape index (κ1) is 15.3. The summed E-state index contributed by atoms with van der Waals surface area (Å²) in [5.41, 5.74) is -1.80. The summed E-state index contributed by atoms with van der Waals surface area (Å²) in [6, 6.07) is 0.899. The fraction of sp³-hybridized carbons (Fsp3) is 0.364. The number of aromatic nitrogens is 1. The number of nitrogens with zero attached hydrogens (tertiary/aromatic N) is 1. The molecule has 19 heavy (non-hydrogen) atoms. The van der Waals surface area contributed by atoms with Crippen LogP contribution in [0.5, 0.6) is 0 Å². The van der Waals surface area contributed by atoms with Gasteiger partial charge in [0.05, 0.1) is 23.8 Å². The number of rotatable bonds is 5. The molecular formula is C11H12ClFN2O4. The van der Waals surface area contributed by atoms with E-state index in [1.165, 1.54) is 6.92 Å². The van der Waals surface area contributed by atoms with Crippen molar-refractivity contribution in [3.8, 4) is 0 Å². The lowest BCUT2D eigenvalue weighted by molar-refractivity contribution is -0.141. The Labute approximate surface area is 113 Å². The second-order valence-corrected chi connectivity index (χ2v) is 4.60. The number of amides is 1. The lowest BCUT2D eigenvalue weighted by Gasteiger charge is -2.21. The van der Waals surface area contributed by atoms with Crippen molar-refractivity contribution in [3.05, 3.63) is 28.8 Å². The van der Waals surface area contributed by atoms with Crippen LogP contribution in [0.15, 0.2) is 12.3 Å². The number of aliphatic carboxylic acids is 1. The summed E-state index contributed by atoms with van der Waals surface area (Å²) >= 11 is 5.63. The summed E-state index contributed by atoms with van der Waals surface area (Å²) in [6.45, 7) is 0.942. The van der Waals surface area contributed by atoms with Crippen LogP contribution in [0.4, 0.5) is 4.39 Å². The van der Waals surface area contributed by atoms with Crippen LogP contribution in [0, 0.1) is 5.82 Å². The lowest BCUT2D eigenvalue weighted by Crippen LogP contribution is -2.42. The van der Waals surface area contributed by atoms with Gasteiger partial charge in [-0.05, 0) is 13.0 Å². The molecule has 0 aliphatic rings. The summed E-state index contributed by atoms with van der Waals surface area (Å²) in [4.78, 5) is 25.6. The van der Waals surface area contributed by atoms with Gasteiger partial charge in [-0.15, -0.1) is 0 Å². The van der Waals surface area contributed by atoms with Crippen LogP contribution in [0.1, 0.15) is 23.7 Å². The smallest absolute Gasteiger partial charge is 0.306 e. The zero-order valence-corrected chi connectivity index (χ0v) is 10.7. The topological polar surface area (TPSA) is 99.5 Å². The highest BCUT2D eigenvalue weighted by molar-refractivity contribution is 6.32. The molecule has 6 nitrogen and oxygen atoms in total. The number of hydrogen-bond donors (Lipinski definition) is 3. The minimum atomic E-state index is -1.62. The van der Waals surface area contributed by atoms with Gasteiger partial charge in [0.25, 0.3) is 5.91 Å². The molecule has 1 aromatic rings. The van der Waals surface area contributed by atoms with Crippen LogP contribution in [0.3, 0.4) is 0 Å². The second kappa shape index (κ2) is 5.94. The van der Waals surface area contributed by atoms with Crippen LogP contribution < -0.4 is 5.32 Å². The Kier molecular flexibility index (Phi) is 4.79. The lowest BCUT2D eigenvalue weighted by atomic mass is 10.0. The Morgan fingerprint density at radius 1 is 1.58 bits per heavy atom. The van der Waals surface area contributed by atoms with Gasteiger partial charge in [-0.2, -0.15) is 0 Å². The van der Waals surface area contributed by atoms with Gasteiger partial charge in [-0.3, -0.25) is 9.59 Å². The zero-order valence-electron chi connectivity index (χ0n) is 9.98. The highest BCUT2D eigenvalue weighted by Gasteiger charge is 2.25. The molecule has 0 radical (unpaired) electrons. The molecule has 1 aromatic heterocycles. The average Bonchev–Trinajstić information content (AvgIpc) is 2.27. The number of carboxylic acids is 1. The molecule has 1 heterocycles. The average molecular weight is 291 g/mol. The SMILES string of the molecule is CC(O)(CNC(=O)c1cc(F)cnc1Cl)CC(=O)O. The van der Waals surface area contributed by atoms with Crippen molar-refractivity contribution < 1.29 is 24.2 Å². The largest absolute Gasteiger partial charge is 0.481 e. The molecule has 1 rings (SSSR count). The van der Waals surface area contributed by atoms with E-state index in [1.807, 2.05) is 0 Å².